The Hall–Kier alpha value is -1.36. The van der Waals surface area contributed by atoms with Crippen LogP contribution in [0.5, 0.6) is 0 Å². The van der Waals surface area contributed by atoms with Crippen LogP contribution in [-0.4, -0.2) is 36.4 Å². The molecule has 5 heteroatoms. The first-order valence-corrected chi connectivity index (χ1v) is 17.2. The second-order valence-corrected chi connectivity index (χ2v) is 11.6. The Kier molecular flexibility index (Phi) is 31.1. The Morgan fingerprint density at radius 1 is 0.550 bits per heavy atom. The van der Waals surface area contributed by atoms with Crippen LogP contribution in [0.3, 0.4) is 0 Å². The normalized spacial score (nSPS) is 12.2. The molecule has 0 saturated carbocycles. The van der Waals surface area contributed by atoms with E-state index < -0.39 is 6.10 Å². The predicted octanol–water partition coefficient (Wildman–Crippen LogP) is 10.2. The van der Waals surface area contributed by atoms with Gasteiger partial charge in [0.2, 0.25) is 0 Å². The maximum Gasteiger partial charge on any atom is 0.306 e. The molecule has 0 unspecified atom stereocenters. The fraction of sp³-hybridized carbons (Fsp3) is 0.886. The van der Waals surface area contributed by atoms with Crippen molar-refractivity contribution in [2.45, 2.75) is 187 Å². The molecule has 0 amide bonds. The van der Waals surface area contributed by atoms with Crippen LogP contribution in [0.2, 0.25) is 0 Å². The zero-order valence-electron chi connectivity index (χ0n) is 26.6. The average molecular weight is 567 g/mol. The van der Waals surface area contributed by atoms with Gasteiger partial charge in [-0.25, -0.2) is 0 Å². The molecular formula is C35H66O5. The zero-order valence-corrected chi connectivity index (χ0v) is 26.6. The highest BCUT2D eigenvalue weighted by Crippen LogP contribution is 2.13. The van der Waals surface area contributed by atoms with Gasteiger partial charge in [-0.1, -0.05) is 142 Å². The van der Waals surface area contributed by atoms with Crippen molar-refractivity contribution in [2.24, 2.45) is 0 Å². The number of rotatable bonds is 31. The van der Waals surface area contributed by atoms with Gasteiger partial charge in [-0.3, -0.25) is 9.59 Å². The van der Waals surface area contributed by atoms with Gasteiger partial charge in [-0.05, 0) is 38.5 Å². The van der Waals surface area contributed by atoms with E-state index in [1.54, 1.807) is 0 Å². The minimum absolute atomic E-state index is 0.0624. The summed E-state index contributed by atoms with van der Waals surface area (Å²) in [4.78, 5) is 24.0. The van der Waals surface area contributed by atoms with Gasteiger partial charge in [0, 0.05) is 12.8 Å². The standard InChI is InChI=1S/C35H66O5/c1-3-5-7-9-11-12-13-14-15-16-17-18-19-20-21-22-24-26-28-30-35(38)40-33(31-36)32-39-34(37)29-27-25-23-10-8-6-4-2/h14-15,33,36H,3-13,16-32H2,1-2H3/b15-14+/t33-/m0/s1. The van der Waals surface area contributed by atoms with E-state index in [0.29, 0.717) is 12.8 Å². The van der Waals surface area contributed by atoms with E-state index in [4.69, 9.17) is 9.47 Å². The first kappa shape index (κ1) is 38.6. The molecule has 1 atom stereocenters. The third kappa shape index (κ3) is 29.6. The molecule has 0 aliphatic rings. The van der Waals surface area contributed by atoms with Crippen LogP contribution < -0.4 is 0 Å². The Morgan fingerprint density at radius 2 is 0.925 bits per heavy atom. The molecule has 0 aromatic heterocycles. The molecule has 40 heavy (non-hydrogen) atoms. The minimum atomic E-state index is -0.763. The van der Waals surface area contributed by atoms with Crippen LogP contribution in [0, 0.1) is 0 Å². The molecular weight excluding hydrogens is 500 g/mol. The van der Waals surface area contributed by atoms with Crippen LogP contribution in [0.15, 0.2) is 12.2 Å². The van der Waals surface area contributed by atoms with Gasteiger partial charge in [0.05, 0.1) is 6.61 Å². The number of hydrogen-bond donors (Lipinski definition) is 1. The number of carbonyl (C=O) groups excluding carboxylic acids is 2. The topological polar surface area (TPSA) is 72.8 Å². The summed E-state index contributed by atoms with van der Waals surface area (Å²) in [6.07, 6.45) is 34.2. The maximum absolute atomic E-state index is 12.1. The zero-order chi connectivity index (χ0) is 29.4. The van der Waals surface area contributed by atoms with Crippen molar-refractivity contribution in [3.63, 3.8) is 0 Å². The predicted molar refractivity (Wildman–Crippen MR) is 168 cm³/mol. The van der Waals surface area contributed by atoms with Crippen molar-refractivity contribution in [1.29, 1.82) is 0 Å². The number of aliphatic hydroxyl groups excluding tert-OH is 1. The van der Waals surface area contributed by atoms with Gasteiger partial charge in [-0.15, -0.1) is 0 Å². The highest BCUT2D eigenvalue weighted by molar-refractivity contribution is 5.70. The molecule has 5 nitrogen and oxygen atoms in total. The molecule has 0 rings (SSSR count). The summed E-state index contributed by atoms with van der Waals surface area (Å²) >= 11 is 0. The van der Waals surface area contributed by atoms with Crippen LogP contribution in [0.1, 0.15) is 181 Å². The highest BCUT2D eigenvalue weighted by Gasteiger charge is 2.16. The van der Waals surface area contributed by atoms with Crippen molar-refractivity contribution in [3.8, 4) is 0 Å². The Labute approximate surface area is 248 Å². The van der Waals surface area contributed by atoms with Crippen LogP contribution in [0.4, 0.5) is 0 Å². The van der Waals surface area contributed by atoms with E-state index in [1.165, 1.54) is 116 Å². The fourth-order valence-corrected chi connectivity index (χ4v) is 4.90. The fourth-order valence-electron chi connectivity index (χ4n) is 4.90. The molecule has 0 aromatic rings. The second kappa shape index (κ2) is 32.2. The molecule has 0 aliphatic heterocycles. The first-order chi connectivity index (χ1) is 19.6. The van der Waals surface area contributed by atoms with Crippen molar-refractivity contribution in [1.82, 2.24) is 0 Å². The SMILES string of the molecule is CCCCCCCC/C=C/CCCCCCCCCCCC(=O)O[C@@H](CO)COC(=O)CCCCCCCCC. The summed E-state index contributed by atoms with van der Waals surface area (Å²) in [6, 6.07) is 0. The molecule has 1 N–H and O–H groups in total. The molecule has 0 radical (unpaired) electrons. The number of carbonyl (C=O) groups is 2. The summed E-state index contributed by atoms with van der Waals surface area (Å²) in [5.41, 5.74) is 0. The first-order valence-electron chi connectivity index (χ1n) is 17.2. The monoisotopic (exact) mass is 566 g/mol. The van der Waals surface area contributed by atoms with E-state index in [9.17, 15) is 14.7 Å². The molecule has 0 heterocycles. The number of aliphatic hydroxyl groups is 1. The van der Waals surface area contributed by atoms with Gasteiger partial charge < -0.3 is 14.6 Å². The lowest BCUT2D eigenvalue weighted by molar-refractivity contribution is -0.161. The smallest absolute Gasteiger partial charge is 0.306 e. The van der Waals surface area contributed by atoms with E-state index in [-0.39, 0.29) is 25.2 Å². The number of allylic oxidation sites excluding steroid dienone is 2. The van der Waals surface area contributed by atoms with Crippen LogP contribution >= 0.6 is 0 Å². The third-order valence-corrected chi connectivity index (χ3v) is 7.56. The van der Waals surface area contributed by atoms with E-state index in [1.807, 2.05) is 0 Å². The molecule has 0 aromatic carbocycles. The molecule has 0 bridgehead atoms. The molecule has 0 fully saturated rings. The van der Waals surface area contributed by atoms with E-state index in [2.05, 4.69) is 26.0 Å². The summed E-state index contributed by atoms with van der Waals surface area (Å²) in [5, 5.41) is 9.47. The maximum atomic E-state index is 12.1. The van der Waals surface area contributed by atoms with Crippen molar-refractivity contribution in [3.05, 3.63) is 12.2 Å². The van der Waals surface area contributed by atoms with Gasteiger partial charge in [-0.2, -0.15) is 0 Å². The van der Waals surface area contributed by atoms with Gasteiger partial charge in [0.1, 0.15) is 6.61 Å². The van der Waals surface area contributed by atoms with Crippen LogP contribution in [0.25, 0.3) is 0 Å². The average Bonchev–Trinajstić information content (AvgIpc) is 2.96. The summed E-state index contributed by atoms with van der Waals surface area (Å²) in [5.74, 6) is -0.595. The number of esters is 2. The number of unbranched alkanes of at least 4 members (excludes halogenated alkanes) is 21. The minimum Gasteiger partial charge on any atom is -0.462 e. The molecule has 0 saturated heterocycles. The van der Waals surface area contributed by atoms with Crippen LogP contribution in [-0.2, 0) is 19.1 Å². The van der Waals surface area contributed by atoms with E-state index >= 15 is 0 Å². The van der Waals surface area contributed by atoms with Gasteiger partial charge >= 0.3 is 11.9 Å². The lowest BCUT2D eigenvalue weighted by Crippen LogP contribution is -2.28. The summed E-state index contributed by atoms with van der Waals surface area (Å²) in [7, 11) is 0. The third-order valence-electron chi connectivity index (χ3n) is 7.56. The quantitative estimate of drug-likeness (QED) is 0.0513. The lowest BCUT2D eigenvalue weighted by atomic mass is 10.1. The lowest BCUT2D eigenvalue weighted by Gasteiger charge is -2.15. The summed E-state index contributed by atoms with van der Waals surface area (Å²) < 4.78 is 10.5. The second-order valence-electron chi connectivity index (χ2n) is 11.6. The largest absolute Gasteiger partial charge is 0.462 e. The highest BCUT2D eigenvalue weighted by atomic mass is 16.6. The Balaban J connectivity index is 3.50. The van der Waals surface area contributed by atoms with Gasteiger partial charge in [0.15, 0.2) is 6.10 Å². The molecule has 0 aliphatic carbocycles. The number of ether oxygens (including phenoxy) is 2. The summed E-state index contributed by atoms with van der Waals surface area (Å²) in [6.45, 7) is 4.08. The van der Waals surface area contributed by atoms with Crippen molar-refractivity contribution in [2.75, 3.05) is 13.2 Å². The van der Waals surface area contributed by atoms with Crippen molar-refractivity contribution >= 4 is 11.9 Å². The molecule has 236 valence electrons. The Morgan fingerprint density at radius 3 is 1.35 bits per heavy atom. The Bertz CT molecular complexity index is 574. The number of hydrogen-bond acceptors (Lipinski definition) is 5. The van der Waals surface area contributed by atoms with E-state index in [0.717, 1.165) is 38.5 Å². The molecule has 0 spiro atoms. The van der Waals surface area contributed by atoms with Gasteiger partial charge in [0.25, 0.3) is 0 Å². The van der Waals surface area contributed by atoms with Crippen molar-refractivity contribution < 1.29 is 24.2 Å².